The summed E-state index contributed by atoms with van der Waals surface area (Å²) in [5.74, 6) is -0.217. The fourth-order valence-corrected chi connectivity index (χ4v) is 2.03. The number of carbonyl (C=O) groups excluding carboxylic acids is 2. The van der Waals surface area contributed by atoms with E-state index in [9.17, 15) is 9.59 Å². The van der Waals surface area contributed by atoms with Gasteiger partial charge in [0, 0.05) is 5.69 Å². The minimum Gasteiger partial charge on any atom is -0.496 e. The lowest BCUT2D eigenvalue weighted by molar-refractivity contribution is 0.0505. The maximum atomic E-state index is 12.3. The zero-order chi connectivity index (χ0) is 16.7. The number of amides is 1. The third-order valence-corrected chi connectivity index (χ3v) is 3.15. The van der Waals surface area contributed by atoms with Crippen LogP contribution in [0.4, 0.5) is 5.69 Å². The predicted octanol–water partition coefficient (Wildman–Crippen LogP) is 3.51. The van der Waals surface area contributed by atoms with Crippen LogP contribution in [0.1, 0.15) is 34.1 Å². The second-order valence-electron chi connectivity index (χ2n) is 4.87. The summed E-state index contributed by atoms with van der Waals surface area (Å²) in [7, 11) is 1.51. The number of hydrogen-bond donors (Lipinski definition) is 1. The number of benzene rings is 2. The molecule has 23 heavy (non-hydrogen) atoms. The van der Waals surface area contributed by atoms with Crippen molar-refractivity contribution in [2.45, 2.75) is 13.3 Å². The van der Waals surface area contributed by atoms with Gasteiger partial charge in [0.25, 0.3) is 5.91 Å². The number of rotatable bonds is 6. The Bertz CT molecular complexity index is 697. The lowest BCUT2D eigenvalue weighted by Crippen LogP contribution is -2.14. The van der Waals surface area contributed by atoms with Gasteiger partial charge in [-0.25, -0.2) is 4.79 Å². The van der Waals surface area contributed by atoms with Crippen molar-refractivity contribution in [3.05, 3.63) is 59.7 Å². The molecule has 0 bridgehead atoms. The van der Waals surface area contributed by atoms with Gasteiger partial charge < -0.3 is 14.8 Å². The van der Waals surface area contributed by atoms with Crippen molar-refractivity contribution in [2.24, 2.45) is 0 Å². The molecule has 1 amide bonds. The van der Waals surface area contributed by atoms with Crippen LogP contribution in [0.15, 0.2) is 48.5 Å². The first-order chi connectivity index (χ1) is 11.2. The van der Waals surface area contributed by atoms with Gasteiger partial charge in [0.1, 0.15) is 5.75 Å². The second-order valence-corrected chi connectivity index (χ2v) is 4.87. The summed E-state index contributed by atoms with van der Waals surface area (Å²) in [5.41, 5.74) is 1.34. The second kappa shape index (κ2) is 7.98. The third-order valence-electron chi connectivity index (χ3n) is 3.15. The molecule has 0 unspecified atom stereocenters. The molecule has 0 atom stereocenters. The van der Waals surface area contributed by atoms with E-state index < -0.39 is 5.97 Å². The zero-order valence-electron chi connectivity index (χ0n) is 13.2. The van der Waals surface area contributed by atoms with Crippen LogP contribution in [0.25, 0.3) is 0 Å². The van der Waals surface area contributed by atoms with Crippen LogP contribution in [-0.2, 0) is 4.74 Å². The van der Waals surface area contributed by atoms with Gasteiger partial charge in [0.15, 0.2) is 0 Å². The number of anilines is 1. The monoisotopic (exact) mass is 313 g/mol. The maximum Gasteiger partial charge on any atom is 0.338 e. The molecule has 5 heteroatoms. The lowest BCUT2D eigenvalue weighted by Gasteiger charge is -2.10. The SMILES string of the molecule is CCCOC(=O)c1cccc(NC(=O)c2ccccc2OC)c1. The molecule has 0 fully saturated rings. The molecule has 0 aromatic heterocycles. The molecule has 0 saturated heterocycles. The Kier molecular flexibility index (Phi) is 5.74. The average molecular weight is 313 g/mol. The van der Waals surface area contributed by atoms with E-state index in [-0.39, 0.29) is 5.91 Å². The number of nitrogens with one attached hydrogen (secondary N) is 1. The van der Waals surface area contributed by atoms with Crippen LogP contribution in [0.3, 0.4) is 0 Å². The molecule has 0 heterocycles. The molecule has 0 spiro atoms. The molecular weight excluding hydrogens is 294 g/mol. The molecule has 120 valence electrons. The van der Waals surface area contributed by atoms with Crippen molar-refractivity contribution in [3.63, 3.8) is 0 Å². The Balaban J connectivity index is 2.14. The molecule has 5 nitrogen and oxygen atoms in total. The van der Waals surface area contributed by atoms with Crippen LogP contribution in [0.5, 0.6) is 5.75 Å². The number of esters is 1. The number of para-hydroxylation sites is 1. The van der Waals surface area contributed by atoms with E-state index in [1.165, 1.54) is 7.11 Å². The topological polar surface area (TPSA) is 64.6 Å². The predicted molar refractivity (Wildman–Crippen MR) is 88.0 cm³/mol. The van der Waals surface area contributed by atoms with Gasteiger partial charge in [-0.05, 0) is 36.8 Å². The van der Waals surface area contributed by atoms with Crippen LogP contribution in [-0.4, -0.2) is 25.6 Å². The molecule has 0 aliphatic rings. The molecule has 2 aromatic rings. The van der Waals surface area contributed by atoms with Gasteiger partial charge in [0.05, 0.1) is 24.8 Å². The van der Waals surface area contributed by atoms with E-state index in [4.69, 9.17) is 9.47 Å². The Morgan fingerprint density at radius 1 is 1.09 bits per heavy atom. The highest BCUT2D eigenvalue weighted by atomic mass is 16.5. The normalized spacial score (nSPS) is 10.0. The molecule has 2 rings (SSSR count). The van der Waals surface area contributed by atoms with Gasteiger partial charge in [-0.15, -0.1) is 0 Å². The van der Waals surface area contributed by atoms with Crippen molar-refractivity contribution >= 4 is 17.6 Å². The highest BCUT2D eigenvalue weighted by Crippen LogP contribution is 2.19. The molecule has 1 N–H and O–H groups in total. The van der Waals surface area contributed by atoms with Crippen LogP contribution < -0.4 is 10.1 Å². The van der Waals surface area contributed by atoms with Crippen LogP contribution in [0.2, 0.25) is 0 Å². The summed E-state index contributed by atoms with van der Waals surface area (Å²) < 4.78 is 10.3. The standard InChI is InChI=1S/C18H19NO4/c1-3-11-23-18(21)13-7-6-8-14(12-13)19-17(20)15-9-4-5-10-16(15)22-2/h4-10,12H,3,11H2,1-2H3,(H,19,20). The quantitative estimate of drug-likeness (QED) is 0.829. The van der Waals surface area contributed by atoms with E-state index in [0.717, 1.165) is 6.42 Å². The van der Waals surface area contributed by atoms with Gasteiger partial charge >= 0.3 is 5.97 Å². The Morgan fingerprint density at radius 3 is 2.61 bits per heavy atom. The summed E-state index contributed by atoms with van der Waals surface area (Å²) in [6.45, 7) is 2.30. The highest BCUT2D eigenvalue weighted by molar-refractivity contribution is 6.06. The number of hydrogen-bond acceptors (Lipinski definition) is 4. The Morgan fingerprint density at radius 2 is 1.87 bits per heavy atom. The van der Waals surface area contributed by atoms with Crippen molar-refractivity contribution in [3.8, 4) is 5.75 Å². The molecular formula is C18H19NO4. The van der Waals surface area contributed by atoms with E-state index in [1.807, 2.05) is 6.92 Å². The smallest absolute Gasteiger partial charge is 0.338 e. The fraction of sp³-hybridized carbons (Fsp3) is 0.222. The van der Waals surface area contributed by atoms with Crippen molar-refractivity contribution in [1.29, 1.82) is 0 Å². The van der Waals surface area contributed by atoms with Crippen LogP contribution >= 0.6 is 0 Å². The van der Waals surface area contributed by atoms with Gasteiger partial charge in [-0.1, -0.05) is 25.1 Å². The minimum atomic E-state index is -0.403. The van der Waals surface area contributed by atoms with E-state index >= 15 is 0 Å². The van der Waals surface area contributed by atoms with E-state index in [2.05, 4.69) is 5.32 Å². The largest absolute Gasteiger partial charge is 0.496 e. The molecule has 0 saturated carbocycles. The van der Waals surface area contributed by atoms with Gasteiger partial charge in [-0.2, -0.15) is 0 Å². The van der Waals surface area contributed by atoms with Crippen molar-refractivity contribution < 1.29 is 19.1 Å². The maximum absolute atomic E-state index is 12.3. The summed E-state index contributed by atoms with van der Waals surface area (Å²) in [6.07, 6.45) is 0.760. The number of methoxy groups -OCH3 is 1. The van der Waals surface area contributed by atoms with Crippen molar-refractivity contribution in [1.82, 2.24) is 0 Å². The first-order valence-corrected chi connectivity index (χ1v) is 7.37. The van der Waals surface area contributed by atoms with Gasteiger partial charge in [0.2, 0.25) is 0 Å². The van der Waals surface area contributed by atoms with Crippen molar-refractivity contribution in [2.75, 3.05) is 19.0 Å². The summed E-state index contributed by atoms with van der Waals surface area (Å²) in [6, 6.07) is 13.6. The van der Waals surface area contributed by atoms with E-state index in [1.54, 1.807) is 48.5 Å². The van der Waals surface area contributed by atoms with E-state index in [0.29, 0.717) is 29.2 Å². The average Bonchev–Trinajstić information content (AvgIpc) is 2.59. The van der Waals surface area contributed by atoms with Crippen LogP contribution in [0, 0.1) is 0 Å². The molecule has 0 radical (unpaired) electrons. The molecule has 0 aliphatic carbocycles. The minimum absolute atomic E-state index is 0.304. The Labute approximate surface area is 135 Å². The number of carbonyl (C=O) groups is 2. The number of ether oxygens (including phenoxy) is 2. The summed E-state index contributed by atoms with van der Waals surface area (Å²) >= 11 is 0. The molecule has 2 aromatic carbocycles. The highest BCUT2D eigenvalue weighted by Gasteiger charge is 2.13. The molecule has 0 aliphatic heterocycles. The Hall–Kier alpha value is -2.82. The first-order valence-electron chi connectivity index (χ1n) is 7.37. The first kappa shape index (κ1) is 16.5. The summed E-state index contributed by atoms with van der Waals surface area (Å²) in [5, 5.41) is 2.76. The van der Waals surface area contributed by atoms with Gasteiger partial charge in [-0.3, -0.25) is 4.79 Å². The third kappa shape index (κ3) is 4.32. The lowest BCUT2D eigenvalue weighted by atomic mass is 10.1. The fourth-order valence-electron chi connectivity index (χ4n) is 2.03. The summed E-state index contributed by atoms with van der Waals surface area (Å²) in [4.78, 5) is 24.2. The zero-order valence-corrected chi connectivity index (χ0v) is 13.2.